The van der Waals surface area contributed by atoms with Crippen LogP contribution >= 0.6 is 15.9 Å². The Morgan fingerprint density at radius 3 is 3.09 bits per heavy atom. The second-order valence-electron chi connectivity index (χ2n) is 5.15. The van der Waals surface area contributed by atoms with E-state index in [4.69, 9.17) is 4.74 Å². The van der Waals surface area contributed by atoms with Crippen molar-refractivity contribution in [3.63, 3.8) is 0 Å². The predicted octanol–water partition coefficient (Wildman–Crippen LogP) is 3.45. The van der Waals surface area contributed by atoms with E-state index in [9.17, 15) is 4.79 Å². The van der Waals surface area contributed by atoms with Gasteiger partial charge < -0.3 is 9.72 Å². The molecule has 0 radical (unpaired) electrons. The first-order valence-electron chi connectivity index (χ1n) is 7.05. The monoisotopic (exact) mass is 361 g/mol. The summed E-state index contributed by atoms with van der Waals surface area (Å²) >= 11 is 3.42. The second kappa shape index (κ2) is 6.36. The number of aryl methyl sites for hydroxylation is 2. The van der Waals surface area contributed by atoms with Crippen LogP contribution in [0.15, 0.2) is 41.3 Å². The second-order valence-corrected chi connectivity index (χ2v) is 6.07. The number of fused-ring (bicyclic) bond motifs is 1. The van der Waals surface area contributed by atoms with Gasteiger partial charge in [0.15, 0.2) is 0 Å². The largest absolute Gasteiger partial charge is 0.462 e. The maximum absolute atomic E-state index is 12.2. The summed E-state index contributed by atoms with van der Waals surface area (Å²) in [4.78, 5) is 15.3. The normalized spacial score (nSPS) is 11.0. The third-order valence-electron chi connectivity index (χ3n) is 3.47. The molecule has 1 aromatic carbocycles. The smallest absolute Gasteiger partial charge is 0.340 e. The molecule has 0 spiro atoms. The summed E-state index contributed by atoms with van der Waals surface area (Å²) in [6.45, 7) is 0.397. The number of aromatic amines is 1. The molecule has 114 valence electrons. The number of H-pyrrole nitrogens is 1. The van der Waals surface area contributed by atoms with E-state index in [1.807, 2.05) is 37.6 Å². The highest BCUT2D eigenvalue weighted by Gasteiger charge is 2.13. The molecule has 1 N–H and O–H groups in total. The summed E-state index contributed by atoms with van der Waals surface area (Å²) in [6.07, 6.45) is 7.13. The number of hydrogen-bond donors (Lipinski definition) is 1. The molecule has 0 saturated heterocycles. The number of nitrogens with one attached hydrogen (secondary N) is 1. The molecule has 0 fully saturated rings. The van der Waals surface area contributed by atoms with Gasteiger partial charge in [-0.2, -0.15) is 5.10 Å². The van der Waals surface area contributed by atoms with Crippen LogP contribution in [0.25, 0.3) is 10.9 Å². The number of rotatable bonds is 5. The van der Waals surface area contributed by atoms with Gasteiger partial charge in [-0.05, 0) is 36.6 Å². The van der Waals surface area contributed by atoms with Gasteiger partial charge >= 0.3 is 5.97 Å². The van der Waals surface area contributed by atoms with Gasteiger partial charge in [0, 0.05) is 34.8 Å². The van der Waals surface area contributed by atoms with E-state index in [0.29, 0.717) is 12.2 Å². The number of aromatic nitrogens is 3. The zero-order valence-corrected chi connectivity index (χ0v) is 13.8. The third kappa shape index (κ3) is 3.22. The molecule has 6 heteroatoms. The van der Waals surface area contributed by atoms with Crippen molar-refractivity contribution in [2.75, 3.05) is 6.61 Å². The van der Waals surface area contributed by atoms with Gasteiger partial charge in [-0.15, -0.1) is 0 Å². The quantitative estimate of drug-likeness (QED) is 0.559. The summed E-state index contributed by atoms with van der Waals surface area (Å²) in [5, 5.41) is 4.98. The Balaban J connectivity index is 1.58. The molecule has 0 unspecified atom stereocenters. The van der Waals surface area contributed by atoms with Gasteiger partial charge in [-0.25, -0.2) is 4.79 Å². The Morgan fingerprint density at radius 2 is 2.32 bits per heavy atom. The summed E-state index contributed by atoms with van der Waals surface area (Å²) in [7, 11) is 1.89. The molecular formula is C16H16BrN3O2. The summed E-state index contributed by atoms with van der Waals surface area (Å²) in [6, 6.07) is 5.78. The lowest BCUT2D eigenvalue weighted by Gasteiger charge is -2.03. The Labute approximate surface area is 136 Å². The molecule has 22 heavy (non-hydrogen) atoms. The minimum atomic E-state index is -0.296. The van der Waals surface area contributed by atoms with Gasteiger partial charge in [0.2, 0.25) is 0 Å². The Kier molecular flexibility index (Phi) is 4.29. The molecule has 0 amide bonds. The fourth-order valence-electron chi connectivity index (χ4n) is 2.38. The maximum atomic E-state index is 12.2. The number of halogens is 1. The van der Waals surface area contributed by atoms with Crippen molar-refractivity contribution in [2.45, 2.75) is 12.8 Å². The van der Waals surface area contributed by atoms with E-state index in [1.165, 1.54) is 0 Å². The standard InChI is InChI=1S/C16H16BrN3O2/c1-20-10-11(8-19-20)3-2-6-22-16(21)14-9-18-15-5-4-12(17)7-13(14)15/h4-5,7-10,18H,2-3,6H2,1H3. The van der Waals surface area contributed by atoms with E-state index in [1.54, 1.807) is 10.9 Å². The predicted molar refractivity (Wildman–Crippen MR) is 87.8 cm³/mol. The molecule has 0 aliphatic heterocycles. The fourth-order valence-corrected chi connectivity index (χ4v) is 2.74. The van der Waals surface area contributed by atoms with Crippen molar-refractivity contribution in [1.29, 1.82) is 0 Å². The average molecular weight is 362 g/mol. The van der Waals surface area contributed by atoms with Crippen LogP contribution in [-0.4, -0.2) is 27.3 Å². The van der Waals surface area contributed by atoms with E-state index in [-0.39, 0.29) is 5.97 Å². The van der Waals surface area contributed by atoms with Crippen LogP contribution < -0.4 is 0 Å². The fraction of sp³-hybridized carbons (Fsp3) is 0.250. The molecule has 3 aromatic rings. The molecule has 0 saturated carbocycles. The van der Waals surface area contributed by atoms with E-state index in [2.05, 4.69) is 26.0 Å². The maximum Gasteiger partial charge on any atom is 0.340 e. The van der Waals surface area contributed by atoms with Crippen LogP contribution in [0.4, 0.5) is 0 Å². The SMILES string of the molecule is Cn1cc(CCCOC(=O)c2c[nH]c3ccc(Br)cc23)cn1. The Hall–Kier alpha value is -2.08. The molecule has 3 rings (SSSR count). The molecule has 0 bridgehead atoms. The highest BCUT2D eigenvalue weighted by atomic mass is 79.9. The number of benzene rings is 1. The van der Waals surface area contributed by atoms with Crippen LogP contribution in [0.1, 0.15) is 22.3 Å². The zero-order valence-electron chi connectivity index (χ0n) is 12.2. The van der Waals surface area contributed by atoms with E-state index in [0.717, 1.165) is 33.8 Å². The summed E-state index contributed by atoms with van der Waals surface area (Å²) in [5.41, 5.74) is 2.64. The van der Waals surface area contributed by atoms with E-state index < -0.39 is 0 Å². The lowest BCUT2D eigenvalue weighted by atomic mass is 10.2. The van der Waals surface area contributed by atoms with E-state index >= 15 is 0 Å². The van der Waals surface area contributed by atoms with Crippen LogP contribution in [0, 0.1) is 0 Å². The van der Waals surface area contributed by atoms with Crippen LogP contribution in [-0.2, 0) is 18.2 Å². The van der Waals surface area contributed by atoms with Gasteiger partial charge in [0.1, 0.15) is 0 Å². The topological polar surface area (TPSA) is 59.9 Å². The number of carbonyl (C=O) groups is 1. The number of esters is 1. The van der Waals surface area contributed by atoms with Gasteiger partial charge in [0.25, 0.3) is 0 Å². The molecule has 2 heterocycles. The first-order valence-corrected chi connectivity index (χ1v) is 7.84. The van der Waals surface area contributed by atoms with Crippen LogP contribution in [0.3, 0.4) is 0 Å². The van der Waals surface area contributed by atoms with Crippen molar-refractivity contribution in [2.24, 2.45) is 7.05 Å². The first-order chi connectivity index (χ1) is 10.6. The lowest BCUT2D eigenvalue weighted by Crippen LogP contribution is -2.06. The lowest BCUT2D eigenvalue weighted by molar-refractivity contribution is 0.0503. The highest BCUT2D eigenvalue weighted by molar-refractivity contribution is 9.10. The number of hydrogen-bond acceptors (Lipinski definition) is 3. The molecule has 0 aliphatic rings. The summed E-state index contributed by atoms with van der Waals surface area (Å²) in [5.74, 6) is -0.296. The van der Waals surface area contributed by atoms with Gasteiger partial charge in [0.05, 0.1) is 18.4 Å². The van der Waals surface area contributed by atoms with Crippen molar-refractivity contribution in [3.8, 4) is 0 Å². The minimum absolute atomic E-state index is 0.296. The highest BCUT2D eigenvalue weighted by Crippen LogP contribution is 2.23. The molecular weight excluding hydrogens is 346 g/mol. The van der Waals surface area contributed by atoms with Crippen molar-refractivity contribution in [3.05, 3.63) is 52.4 Å². The molecule has 0 aliphatic carbocycles. The van der Waals surface area contributed by atoms with Crippen LogP contribution in [0.2, 0.25) is 0 Å². The summed E-state index contributed by atoms with van der Waals surface area (Å²) < 4.78 is 8.07. The van der Waals surface area contributed by atoms with Gasteiger partial charge in [-0.1, -0.05) is 15.9 Å². The average Bonchev–Trinajstić information content (AvgIpc) is 3.09. The minimum Gasteiger partial charge on any atom is -0.462 e. The third-order valence-corrected chi connectivity index (χ3v) is 3.96. The Morgan fingerprint density at radius 1 is 1.45 bits per heavy atom. The zero-order chi connectivity index (χ0) is 15.5. The first kappa shape index (κ1) is 14.8. The van der Waals surface area contributed by atoms with Crippen molar-refractivity contribution >= 4 is 32.8 Å². The number of ether oxygens (including phenoxy) is 1. The van der Waals surface area contributed by atoms with Crippen molar-refractivity contribution < 1.29 is 9.53 Å². The number of nitrogens with zero attached hydrogens (tertiary/aromatic N) is 2. The molecule has 0 atom stereocenters. The molecule has 2 aromatic heterocycles. The van der Waals surface area contributed by atoms with Crippen molar-refractivity contribution in [1.82, 2.24) is 14.8 Å². The molecule has 5 nitrogen and oxygen atoms in total. The number of carbonyl (C=O) groups excluding carboxylic acids is 1. The van der Waals surface area contributed by atoms with Crippen LogP contribution in [0.5, 0.6) is 0 Å². The van der Waals surface area contributed by atoms with Gasteiger partial charge in [-0.3, -0.25) is 4.68 Å². The Bertz CT molecular complexity index is 807.